The fraction of sp³-hybridized carbons (Fsp3) is 0.455. The van der Waals surface area contributed by atoms with Gasteiger partial charge >= 0.3 is 6.36 Å². The number of hydrogen-bond donors (Lipinski definition) is 1. The number of thiophene rings is 1. The second-order valence-corrected chi connectivity index (χ2v) is 9.33. The van der Waals surface area contributed by atoms with Gasteiger partial charge in [-0.05, 0) is 56.6 Å². The number of halogens is 3. The molecule has 3 aromatic rings. The van der Waals surface area contributed by atoms with E-state index in [4.69, 9.17) is 0 Å². The largest absolute Gasteiger partial charge is 0.573 e. The van der Waals surface area contributed by atoms with Gasteiger partial charge in [-0.1, -0.05) is 12.1 Å². The van der Waals surface area contributed by atoms with Crippen LogP contribution < -0.4 is 15.6 Å². The van der Waals surface area contributed by atoms with Crippen molar-refractivity contribution in [3.8, 4) is 5.75 Å². The maximum Gasteiger partial charge on any atom is 0.573 e. The number of ether oxygens (including phenoxy) is 1. The molecule has 1 aromatic carbocycles. The quantitative estimate of drug-likeness (QED) is 0.577. The van der Waals surface area contributed by atoms with Crippen molar-refractivity contribution < 1.29 is 17.9 Å². The lowest BCUT2D eigenvalue weighted by molar-refractivity contribution is -0.274. The molecule has 1 unspecified atom stereocenters. The number of likely N-dealkylation sites (N-methyl/N-ethyl adjacent to an activating group) is 1. The van der Waals surface area contributed by atoms with Crippen LogP contribution in [-0.2, 0) is 25.9 Å². The Balaban J connectivity index is 1.41. The van der Waals surface area contributed by atoms with Crippen LogP contribution in [0, 0.1) is 0 Å². The molecule has 0 bridgehead atoms. The summed E-state index contributed by atoms with van der Waals surface area (Å²) >= 11 is 1.58. The molecule has 1 aliphatic carbocycles. The summed E-state index contributed by atoms with van der Waals surface area (Å²) in [7, 11) is 3.95. The molecule has 0 aliphatic heterocycles. The molecule has 10 heteroatoms. The third-order valence-corrected chi connectivity index (χ3v) is 6.74. The fourth-order valence-corrected chi connectivity index (χ4v) is 5.17. The Morgan fingerprint density at radius 3 is 2.72 bits per heavy atom. The third-order valence-electron chi connectivity index (χ3n) is 5.58. The van der Waals surface area contributed by atoms with Gasteiger partial charge in [0.05, 0.1) is 11.7 Å². The Morgan fingerprint density at radius 2 is 2.03 bits per heavy atom. The number of alkyl halides is 3. The SMILES string of the molecule is CN(C)CCn1cnc2sc3c(c2c1=O)CCC(NCc1ccc(OC(F)(F)F)cc1)C3. The lowest BCUT2D eigenvalue weighted by atomic mass is 9.93. The molecule has 172 valence electrons. The predicted molar refractivity (Wildman–Crippen MR) is 118 cm³/mol. The van der Waals surface area contributed by atoms with Crippen LogP contribution in [0.4, 0.5) is 13.2 Å². The predicted octanol–water partition coefficient (Wildman–Crippen LogP) is 3.57. The number of nitrogens with one attached hydrogen (secondary N) is 1. The summed E-state index contributed by atoms with van der Waals surface area (Å²) in [5.41, 5.74) is 2.03. The average molecular weight is 467 g/mol. The molecule has 6 nitrogen and oxygen atoms in total. The van der Waals surface area contributed by atoms with E-state index in [1.54, 1.807) is 34.4 Å². The normalized spacial score (nSPS) is 16.5. The van der Waals surface area contributed by atoms with E-state index in [0.717, 1.165) is 47.2 Å². The van der Waals surface area contributed by atoms with Gasteiger partial charge in [0.2, 0.25) is 0 Å². The highest BCUT2D eigenvalue weighted by Crippen LogP contribution is 2.33. The minimum Gasteiger partial charge on any atom is -0.406 e. The van der Waals surface area contributed by atoms with Gasteiger partial charge in [0.25, 0.3) is 5.56 Å². The molecule has 2 aromatic heterocycles. The Bertz CT molecular complexity index is 1140. The summed E-state index contributed by atoms with van der Waals surface area (Å²) in [6.07, 6.45) is -0.546. The van der Waals surface area contributed by atoms with Crippen molar-refractivity contribution in [2.24, 2.45) is 0 Å². The van der Waals surface area contributed by atoms with Gasteiger partial charge in [-0.2, -0.15) is 0 Å². The van der Waals surface area contributed by atoms with E-state index < -0.39 is 6.36 Å². The van der Waals surface area contributed by atoms with Gasteiger partial charge in [-0.25, -0.2) is 4.98 Å². The van der Waals surface area contributed by atoms with Crippen LogP contribution in [0.2, 0.25) is 0 Å². The van der Waals surface area contributed by atoms with Crippen LogP contribution in [0.15, 0.2) is 35.4 Å². The van der Waals surface area contributed by atoms with Crippen molar-refractivity contribution >= 4 is 21.6 Å². The molecule has 1 N–H and O–H groups in total. The van der Waals surface area contributed by atoms with Gasteiger partial charge in [0.15, 0.2) is 0 Å². The van der Waals surface area contributed by atoms with Gasteiger partial charge in [0, 0.05) is 30.6 Å². The highest BCUT2D eigenvalue weighted by Gasteiger charge is 2.31. The number of aromatic nitrogens is 2. The van der Waals surface area contributed by atoms with Crippen LogP contribution in [0.3, 0.4) is 0 Å². The summed E-state index contributed by atoms with van der Waals surface area (Å²) in [4.78, 5) is 21.5. The lowest BCUT2D eigenvalue weighted by Gasteiger charge is -2.23. The molecular formula is C22H25F3N4O2S. The molecule has 4 rings (SSSR count). The van der Waals surface area contributed by atoms with E-state index in [1.165, 1.54) is 17.0 Å². The number of aryl methyl sites for hydroxylation is 1. The first-order chi connectivity index (χ1) is 15.2. The van der Waals surface area contributed by atoms with E-state index in [1.807, 2.05) is 19.0 Å². The van der Waals surface area contributed by atoms with Gasteiger partial charge in [-0.15, -0.1) is 24.5 Å². The molecule has 32 heavy (non-hydrogen) atoms. The molecule has 0 saturated heterocycles. The Labute approximate surface area is 187 Å². The summed E-state index contributed by atoms with van der Waals surface area (Å²) in [6, 6.07) is 6.13. The molecule has 0 spiro atoms. The summed E-state index contributed by atoms with van der Waals surface area (Å²) in [5, 5.41) is 4.24. The minimum absolute atomic E-state index is 0.0296. The van der Waals surface area contributed by atoms with E-state index >= 15 is 0 Å². The van der Waals surface area contributed by atoms with Crippen molar-refractivity contribution in [3.63, 3.8) is 0 Å². The number of fused-ring (bicyclic) bond motifs is 3. The number of nitrogens with zero attached hydrogens (tertiary/aromatic N) is 3. The summed E-state index contributed by atoms with van der Waals surface area (Å²) in [6.45, 7) is 1.93. The molecule has 0 amide bonds. The van der Waals surface area contributed by atoms with Crippen LogP contribution in [0.1, 0.15) is 22.4 Å². The zero-order valence-electron chi connectivity index (χ0n) is 17.9. The van der Waals surface area contributed by atoms with E-state index in [0.29, 0.717) is 13.1 Å². The Morgan fingerprint density at radius 1 is 1.28 bits per heavy atom. The Kier molecular flexibility index (Phi) is 6.55. The molecule has 1 aliphatic rings. The van der Waals surface area contributed by atoms with Crippen molar-refractivity contribution in [2.75, 3.05) is 20.6 Å². The molecule has 2 heterocycles. The minimum atomic E-state index is -4.69. The van der Waals surface area contributed by atoms with Crippen molar-refractivity contribution in [2.45, 2.75) is 44.8 Å². The standard InChI is InChI=1S/C22H25F3N4O2S/c1-28(2)9-10-29-13-27-20-19(21(29)30)17-8-5-15(11-18(17)32-20)26-12-14-3-6-16(7-4-14)31-22(23,24)25/h3-4,6-7,13,15,26H,5,8-12H2,1-2H3. The van der Waals surface area contributed by atoms with Gasteiger partial charge < -0.3 is 15.0 Å². The molecule has 1 atom stereocenters. The summed E-state index contributed by atoms with van der Waals surface area (Å²) < 4.78 is 42.5. The number of rotatable bonds is 7. The van der Waals surface area contributed by atoms with Crippen molar-refractivity contribution in [1.82, 2.24) is 19.8 Å². The highest BCUT2D eigenvalue weighted by molar-refractivity contribution is 7.18. The first-order valence-electron chi connectivity index (χ1n) is 10.4. The third kappa shape index (κ3) is 5.31. The van der Waals surface area contributed by atoms with Gasteiger partial charge in [0.1, 0.15) is 10.6 Å². The first kappa shape index (κ1) is 22.8. The average Bonchev–Trinajstić information content (AvgIpc) is 3.10. The number of benzene rings is 1. The number of hydrogen-bond acceptors (Lipinski definition) is 6. The zero-order chi connectivity index (χ0) is 22.9. The summed E-state index contributed by atoms with van der Waals surface area (Å²) in [5.74, 6) is -0.224. The molecule has 0 fully saturated rings. The van der Waals surface area contributed by atoms with Gasteiger partial charge in [-0.3, -0.25) is 9.36 Å². The topological polar surface area (TPSA) is 59.4 Å². The molecule has 0 saturated carbocycles. The monoisotopic (exact) mass is 466 g/mol. The molecular weight excluding hydrogens is 441 g/mol. The lowest BCUT2D eigenvalue weighted by Crippen LogP contribution is -2.34. The molecule has 0 radical (unpaired) electrons. The fourth-order valence-electron chi connectivity index (χ4n) is 3.91. The van der Waals surface area contributed by atoms with Crippen LogP contribution in [-0.4, -0.2) is 47.5 Å². The maximum atomic E-state index is 13.0. The van der Waals surface area contributed by atoms with E-state index in [9.17, 15) is 18.0 Å². The second-order valence-electron chi connectivity index (χ2n) is 8.24. The van der Waals surface area contributed by atoms with Crippen LogP contribution >= 0.6 is 11.3 Å². The maximum absolute atomic E-state index is 13.0. The Hall–Kier alpha value is -2.43. The smallest absolute Gasteiger partial charge is 0.406 e. The zero-order valence-corrected chi connectivity index (χ0v) is 18.7. The first-order valence-corrected chi connectivity index (χ1v) is 11.2. The van der Waals surface area contributed by atoms with Crippen LogP contribution in [0.25, 0.3) is 10.2 Å². The van der Waals surface area contributed by atoms with Crippen LogP contribution in [0.5, 0.6) is 5.75 Å². The second kappa shape index (κ2) is 9.21. The van der Waals surface area contributed by atoms with Crippen molar-refractivity contribution in [3.05, 3.63) is 57.0 Å². The van der Waals surface area contributed by atoms with E-state index in [-0.39, 0.29) is 17.4 Å². The highest BCUT2D eigenvalue weighted by atomic mass is 32.1. The van der Waals surface area contributed by atoms with E-state index in [2.05, 4.69) is 15.0 Å². The van der Waals surface area contributed by atoms with Crippen molar-refractivity contribution in [1.29, 1.82) is 0 Å².